The fourth-order valence-corrected chi connectivity index (χ4v) is 6.07. The van der Waals surface area contributed by atoms with Gasteiger partial charge in [0.15, 0.2) is 17.5 Å². The Kier molecular flexibility index (Phi) is 8.80. The monoisotopic (exact) mass is 620 g/mol. The van der Waals surface area contributed by atoms with E-state index in [1.165, 1.54) is 16.7 Å². The first-order valence-corrected chi connectivity index (χ1v) is 16.4. The van der Waals surface area contributed by atoms with Crippen LogP contribution in [-0.2, 0) is 6.42 Å². The predicted molar refractivity (Wildman–Crippen MR) is 199 cm³/mol. The van der Waals surface area contributed by atoms with Crippen LogP contribution in [0.1, 0.15) is 30.7 Å². The van der Waals surface area contributed by atoms with Crippen molar-refractivity contribution >= 4 is 6.08 Å². The summed E-state index contributed by atoms with van der Waals surface area (Å²) >= 11 is 0. The zero-order chi connectivity index (χ0) is 32.9. The minimum Gasteiger partial charge on any atom is -0.261 e. The second-order valence-corrected chi connectivity index (χ2v) is 11.8. The lowest BCUT2D eigenvalue weighted by Gasteiger charge is -2.16. The zero-order valence-corrected chi connectivity index (χ0v) is 27.4. The summed E-state index contributed by atoms with van der Waals surface area (Å²) in [6.07, 6.45) is 7.22. The molecule has 2 heterocycles. The van der Waals surface area contributed by atoms with Crippen molar-refractivity contribution in [2.75, 3.05) is 0 Å². The largest absolute Gasteiger partial charge is 0.261 e. The molecule has 0 saturated carbocycles. The number of rotatable bonds is 8. The van der Waals surface area contributed by atoms with Crippen LogP contribution in [0.15, 0.2) is 146 Å². The number of aromatic nitrogens is 4. The minimum atomic E-state index is 0.629. The third kappa shape index (κ3) is 6.47. The zero-order valence-electron chi connectivity index (χ0n) is 27.4. The Hall–Kier alpha value is -6.00. The van der Waals surface area contributed by atoms with E-state index in [1.807, 2.05) is 73.8 Å². The fourth-order valence-electron chi connectivity index (χ4n) is 6.07. The smallest absolute Gasteiger partial charge is 0.164 e. The van der Waals surface area contributed by atoms with Crippen LogP contribution in [0, 0.1) is 6.92 Å². The highest BCUT2D eigenvalue weighted by molar-refractivity contribution is 5.85. The summed E-state index contributed by atoms with van der Waals surface area (Å²) in [6, 6.07) is 46.4. The molecule has 0 aliphatic carbocycles. The first-order valence-electron chi connectivity index (χ1n) is 16.4. The summed E-state index contributed by atoms with van der Waals surface area (Å²) in [5.41, 5.74) is 13.0. The van der Waals surface area contributed by atoms with E-state index < -0.39 is 0 Å². The maximum absolute atomic E-state index is 5.09. The number of benzene rings is 5. The molecule has 0 aliphatic heterocycles. The molecule has 0 aliphatic rings. The highest BCUT2D eigenvalue weighted by Crippen LogP contribution is 2.37. The van der Waals surface area contributed by atoms with Gasteiger partial charge in [-0.05, 0) is 89.5 Å². The fraction of sp³-hybridized carbons (Fsp3) is 0.0909. The highest BCUT2D eigenvalue weighted by atomic mass is 15.0. The van der Waals surface area contributed by atoms with E-state index in [0.29, 0.717) is 17.5 Å². The van der Waals surface area contributed by atoms with E-state index in [-0.39, 0.29) is 0 Å². The molecule has 48 heavy (non-hydrogen) atoms. The Morgan fingerprint density at radius 1 is 0.500 bits per heavy atom. The average molecular weight is 621 g/mol. The van der Waals surface area contributed by atoms with Gasteiger partial charge >= 0.3 is 0 Å². The molecule has 7 aromatic rings. The predicted octanol–water partition coefficient (Wildman–Crippen LogP) is 11.2. The number of aryl methyl sites for hydroxylation is 2. The number of hydrogen-bond donors (Lipinski definition) is 0. The van der Waals surface area contributed by atoms with Gasteiger partial charge in [0.25, 0.3) is 0 Å². The molecule has 5 aromatic carbocycles. The number of pyridine rings is 1. The quantitative estimate of drug-likeness (QED) is 0.170. The molecular weight excluding hydrogens is 585 g/mol. The van der Waals surface area contributed by atoms with Gasteiger partial charge in [0.2, 0.25) is 0 Å². The molecule has 0 fully saturated rings. The van der Waals surface area contributed by atoms with E-state index >= 15 is 0 Å². The molecule has 4 nitrogen and oxygen atoms in total. The Morgan fingerprint density at radius 2 is 1.04 bits per heavy atom. The van der Waals surface area contributed by atoms with E-state index in [2.05, 4.69) is 104 Å². The number of hydrogen-bond acceptors (Lipinski definition) is 4. The summed E-state index contributed by atoms with van der Waals surface area (Å²) in [6.45, 7) is 6.29. The first-order chi connectivity index (χ1) is 23.6. The van der Waals surface area contributed by atoms with Crippen molar-refractivity contribution in [1.82, 2.24) is 19.9 Å². The molecule has 4 heteroatoms. The van der Waals surface area contributed by atoms with Gasteiger partial charge in [0.1, 0.15) is 0 Å². The average Bonchev–Trinajstić information content (AvgIpc) is 3.15. The summed E-state index contributed by atoms with van der Waals surface area (Å²) < 4.78 is 0. The van der Waals surface area contributed by atoms with Crippen molar-refractivity contribution in [2.24, 2.45) is 0 Å². The summed E-state index contributed by atoms with van der Waals surface area (Å²) in [5, 5.41) is 0. The van der Waals surface area contributed by atoms with Crippen molar-refractivity contribution in [1.29, 1.82) is 0 Å². The summed E-state index contributed by atoms with van der Waals surface area (Å²) in [4.78, 5) is 19.7. The van der Waals surface area contributed by atoms with Crippen molar-refractivity contribution in [2.45, 2.75) is 27.2 Å². The lowest BCUT2D eigenvalue weighted by atomic mass is 9.90. The molecule has 2 aromatic heterocycles. The van der Waals surface area contributed by atoms with Crippen molar-refractivity contribution in [3.8, 4) is 67.5 Å². The Balaban J connectivity index is 1.47. The molecule has 0 bridgehead atoms. The molecule has 0 amide bonds. The molecule has 0 N–H and O–H groups in total. The van der Waals surface area contributed by atoms with Crippen LogP contribution in [0.3, 0.4) is 0 Å². The van der Waals surface area contributed by atoms with Gasteiger partial charge in [0.05, 0.1) is 0 Å². The molecule has 232 valence electrons. The first kappa shape index (κ1) is 30.6. The van der Waals surface area contributed by atoms with Gasteiger partial charge in [-0.3, -0.25) is 4.98 Å². The number of allylic oxidation sites excluding steroid dienone is 1. The van der Waals surface area contributed by atoms with Gasteiger partial charge in [-0.15, -0.1) is 0 Å². The standard InChI is InChI=1S/C44H36N4/c1-4-14-40-31(5-2)19-13-22-41(40)38-26-37(35-21-12-20-34(25-35)36-24-23-30(3)45-29-36)27-39(28-38)44-47-42(32-15-8-6-9-16-32)46-43(48-44)33-17-10-7-11-18-33/h4,6-29H,5H2,1-3H3/b14-4-. The van der Waals surface area contributed by atoms with Crippen LogP contribution < -0.4 is 0 Å². The molecule has 0 unspecified atom stereocenters. The molecule has 0 spiro atoms. The maximum Gasteiger partial charge on any atom is 0.164 e. The van der Waals surface area contributed by atoms with Gasteiger partial charge < -0.3 is 0 Å². The third-order valence-electron chi connectivity index (χ3n) is 8.55. The molecule has 0 saturated heterocycles. The highest BCUT2D eigenvalue weighted by Gasteiger charge is 2.16. The summed E-state index contributed by atoms with van der Waals surface area (Å²) in [7, 11) is 0. The van der Waals surface area contributed by atoms with E-state index in [4.69, 9.17) is 15.0 Å². The lowest BCUT2D eigenvalue weighted by Crippen LogP contribution is -2.00. The molecular formula is C44H36N4. The van der Waals surface area contributed by atoms with Crippen LogP contribution in [-0.4, -0.2) is 19.9 Å². The van der Waals surface area contributed by atoms with Crippen LogP contribution in [0.5, 0.6) is 0 Å². The van der Waals surface area contributed by atoms with Gasteiger partial charge in [-0.1, -0.05) is 122 Å². The topological polar surface area (TPSA) is 51.6 Å². The Morgan fingerprint density at radius 3 is 1.65 bits per heavy atom. The maximum atomic E-state index is 5.09. The van der Waals surface area contributed by atoms with E-state index in [1.54, 1.807) is 0 Å². The van der Waals surface area contributed by atoms with Gasteiger partial charge in [-0.25, -0.2) is 15.0 Å². The molecule has 7 rings (SSSR count). The van der Waals surface area contributed by atoms with Gasteiger partial charge in [-0.2, -0.15) is 0 Å². The van der Waals surface area contributed by atoms with E-state index in [0.717, 1.165) is 56.6 Å². The van der Waals surface area contributed by atoms with Crippen LogP contribution >= 0.6 is 0 Å². The molecule has 0 atom stereocenters. The normalized spacial score (nSPS) is 11.2. The lowest BCUT2D eigenvalue weighted by molar-refractivity contribution is 1.07. The third-order valence-corrected chi connectivity index (χ3v) is 8.55. The second kappa shape index (κ2) is 13.8. The van der Waals surface area contributed by atoms with Gasteiger partial charge in [0, 0.05) is 34.1 Å². The van der Waals surface area contributed by atoms with Crippen LogP contribution in [0.4, 0.5) is 0 Å². The Bertz CT molecular complexity index is 2160. The van der Waals surface area contributed by atoms with E-state index in [9.17, 15) is 0 Å². The number of nitrogens with zero attached hydrogens (tertiary/aromatic N) is 4. The van der Waals surface area contributed by atoms with Crippen molar-refractivity contribution < 1.29 is 0 Å². The van der Waals surface area contributed by atoms with Crippen molar-refractivity contribution in [3.63, 3.8) is 0 Å². The van der Waals surface area contributed by atoms with Crippen molar-refractivity contribution in [3.05, 3.63) is 163 Å². The van der Waals surface area contributed by atoms with Crippen LogP contribution in [0.25, 0.3) is 73.6 Å². The summed E-state index contributed by atoms with van der Waals surface area (Å²) in [5.74, 6) is 1.91. The van der Waals surface area contributed by atoms with Crippen LogP contribution in [0.2, 0.25) is 0 Å². The second-order valence-electron chi connectivity index (χ2n) is 11.8. The minimum absolute atomic E-state index is 0.629. The Labute approximate surface area is 282 Å². The molecule has 0 radical (unpaired) electrons. The SMILES string of the molecule is C/C=C\c1c(CC)cccc1-c1cc(-c2cccc(-c3ccc(C)nc3)c2)cc(-c2nc(-c3ccccc3)nc(-c3ccccc3)n2)c1.